The van der Waals surface area contributed by atoms with Crippen molar-refractivity contribution in [3.05, 3.63) is 24.0 Å². The number of anilines is 1. The van der Waals surface area contributed by atoms with E-state index in [1.807, 2.05) is 20.8 Å². The van der Waals surface area contributed by atoms with Crippen LogP contribution in [0, 0.1) is 6.92 Å². The smallest absolute Gasteiger partial charge is 0.163 e. The molecular formula is C11H16N6. The lowest BCUT2D eigenvalue weighted by molar-refractivity contribution is 0.801. The van der Waals surface area contributed by atoms with Crippen molar-refractivity contribution in [3.63, 3.8) is 0 Å². The van der Waals surface area contributed by atoms with E-state index in [9.17, 15) is 0 Å². The molecule has 6 heteroatoms. The average molecular weight is 232 g/mol. The summed E-state index contributed by atoms with van der Waals surface area (Å²) in [6.45, 7) is 6.89. The molecule has 0 aromatic carbocycles. The zero-order valence-electron chi connectivity index (χ0n) is 10.3. The first-order valence-corrected chi connectivity index (χ1v) is 5.72. The highest BCUT2D eigenvalue weighted by Crippen LogP contribution is 2.18. The second-order valence-corrected chi connectivity index (χ2v) is 3.66. The highest BCUT2D eigenvalue weighted by Gasteiger charge is 2.11. The van der Waals surface area contributed by atoms with Crippen LogP contribution in [0.2, 0.25) is 0 Å². The zero-order valence-corrected chi connectivity index (χ0v) is 10.3. The van der Waals surface area contributed by atoms with Crippen molar-refractivity contribution in [2.24, 2.45) is 0 Å². The Kier molecular flexibility index (Phi) is 3.32. The second kappa shape index (κ2) is 4.90. The number of nitrogens with one attached hydrogen (secondary N) is 1. The van der Waals surface area contributed by atoms with Crippen molar-refractivity contribution in [1.82, 2.24) is 24.7 Å². The van der Waals surface area contributed by atoms with Crippen LogP contribution in [-0.4, -0.2) is 31.3 Å². The summed E-state index contributed by atoms with van der Waals surface area (Å²) in [6, 6.07) is 0. The van der Waals surface area contributed by atoms with Gasteiger partial charge in [-0.3, -0.25) is 0 Å². The van der Waals surface area contributed by atoms with Gasteiger partial charge in [0.1, 0.15) is 24.3 Å². The van der Waals surface area contributed by atoms with Gasteiger partial charge in [-0.25, -0.2) is 19.6 Å². The van der Waals surface area contributed by atoms with Gasteiger partial charge in [0, 0.05) is 18.5 Å². The molecule has 0 radical (unpaired) electrons. The molecule has 2 aromatic rings. The molecule has 0 saturated carbocycles. The number of aryl methyl sites for hydroxylation is 1. The molecule has 0 aliphatic carbocycles. The van der Waals surface area contributed by atoms with Gasteiger partial charge >= 0.3 is 0 Å². The van der Waals surface area contributed by atoms with E-state index in [0.29, 0.717) is 0 Å². The number of aromatic nitrogens is 5. The van der Waals surface area contributed by atoms with Crippen LogP contribution in [0.4, 0.5) is 5.82 Å². The molecule has 0 fully saturated rings. The van der Waals surface area contributed by atoms with Crippen molar-refractivity contribution < 1.29 is 0 Å². The Labute approximate surface area is 100 Å². The summed E-state index contributed by atoms with van der Waals surface area (Å²) in [5.41, 5.74) is 0.981. The number of nitrogens with zero attached hydrogens (tertiary/aromatic N) is 5. The molecule has 0 atom stereocenters. The first-order valence-electron chi connectivity index (χ1n) is 5.72. The van der Waals surface area contributed by atoms with Crippen LogP contribution in [0.15, 0.2) is 12.7 Å². The van der Waals surface area contributed by atoms with Crippen LogP contribution in [0.5, 0.6) is 0 Å². The Morgan fingerprint density at radius 1 is 1.29 bits per heavy atom. The molecule has 0 amide bonds. The van der Waals surface area contributed by atoms with Crippen LogP contribution in [0.3, 0.4) is 0 Å². The molecule has 0 aliphatic heterocycles. The van der Waals surface area contributed by atoms with Crippen LogP contribution >= 0.6 is 0 Å². The normalized spacial score (nSPS) is 10.5. The topological polar surface area (TPSA) is 68.5 Å². The molecule has 17 heavy (non-hydrogen) atoms. The molecule has 2 aromatic heterocycles. The Morgan fingerprint density at radius 3 is 2.71 bits per heavy atom. The molecule has 90 valence electrons. The number of rotatable bonds is 4. The minimum absolute atomic E-state index is 0.783. The molecule has 0 spiro atoms. The standard InChI is InChI=1S/C11H16N6/c1-4-9-15-10(13-5-2)8(3)11(16-9)17-7-12-6-14-17/h6-7H,4-5H2,1-3H3,(H,13,15,16). The van der Waals surface area contributed by atoms with E-state index in [4.69, 9.17) is 0 Å². The van der Waals surface area contributed by atoms with Gasteiger partial charge in [-0.05, 0) is 13.8 Å². The molecule has 0 saturated heterocycles. The van der Waals surface area contributed by atoms with Gasteiger partial charge in [0.15, 0.2) is 5.82 Å². The predicted molar refractivity (Wildman–Crippen MR) is 65.2 cm³/mol. The van der Waals surface area contributed by atoms with E-state index in [0.717, 1.165) is 36.0 Å². The first-order chi connectivity index (χ1) is 8.26. The SMILES string of the molecule is CCNc1nc(CC)nc(-n2cncn2)c1C. The maximum absolute atomic E-state index is 4.49. The maximum Gasteiger partial charge on any atom is 0.163 e. The van der Waals surface area contributed by atoms with Gasteiger partial charge in [0.05, 0.1) is 0 Å². The Bertz CT molecular complexity index is 491. The largest absolute Gasteiger partial charge is 0.370 e. The average Bonchev–Trinajstić information content (AvgIpc) is 2.85. The highest BCUT2D eigenvalue weighted by atomic mass is 15.3. The maximum atomic E-state index is 4.49. The van der Waals surface area contributed by atoms with E-state index >= 15 is 0 Å². The van der Waals surface area contributed by atoms with Gasteiger partial charge in [-0.1, -0.05) is 6.92 Å². The Morgan fingerprint density at radius 2 is 2.12 bits per heavy atom. The summed E-state index contributed by atoms with van der Waals surface area (Å²) in [4.78, 5) is 12.9. The molecule has 2 rings (SSSR count). The molecule has 0 unspecified atom stereocenters. The predicted octanol–water partition coefficient (Wildman–Crippen LogP) is 1.36. The summed E-state index contributed by atoms with van der Waals surface area (Å²) < 4.78 is 1.66. The van der Waals surface area contributed by atoms with E-state index in [1.165, 1.54) is 6.33 Å². The summed E-state index contributed by atoms with van der Waals surface area (Å²) in [6.07, 6.45) is 3.94. The minimum atomic E-state index is 0.783. The molecule has 2 heterocycles. The molecule has 0 aliphatic rings. The lowest BCUT2D eigenvalue weighted by Crippen LogP contribution is -2.11. The summed E-state index contributed by atoms with van der Waals surface area (Å²) in [5.74, 6) is 2.45. The van der Waals surface area contributed by atoms with Crippen LogP contribution in [0.1, 0.15) is 25.2 Å². The summed E-state index contributed by atoms with van der Waals surface area (Å²) in [7, 11) is 0. The highest BCUT2D eigenvalue weighted by molar-refractivity contribution is 5.51. The monoisotopic (exact) mass is 232 g/mol. The van der Waals surface area contributed by atoms with Crippen LogP contribution in [-0.2, 0) is 6.42 Å². The van der Waals surface area contributed by atoms with Crippen molar-refractivity contribution in [2.45, 2.75) is 27.2 Å². The van der Waals surface area contributed by atoms with E-state index in [2.05, 4.69) is 25.4 Å². The van der Waals surface area contributed by atoms with E-state index in [-0.39, 0.29) is 0 Å². The number of hydrogen-bond acceptors (Lipinski definition) is 5. The number of hydrogen-bond donors (Lipinski definition) is 1. The van der Waals surface area contributed by atoms with Crippen LogP contribution in [0.25, 0.3) is 5.82 Å². The van der Waals surface area contributed by atoms with Crippen LogP contribution < -0.4 is 5.32 Å². The van der Waals surface area contributed by atoms with Gasteiger partial charge in [-0.15, -0.1) is 0 Å². The zero-order chi connectivity index (χ0) is 12.3. The first kappa shape index (κ1) is 11.5. The molecule has 6 nitrogen and oxygen atoms in total. The Balaban J connectivity index is 2.54. The van der Waals surface area contributed by atoms with Gasteiger partial charge in [0.2, 0.25) is 0 Å². The molecular weight excluding hydrogens is 216 g/mol. The fourth-order valence-electron chi connectivity index (χ4n) is 1.59. The minimum Gasteiger partial charge on any atom is -0.370 e. The van der Waals surface area contributed by atoms with Crippen molar-refractivity contribution in [3.8, 4) is 5.82 Å². The fraction of sp³-hybridized carbons (Fsp3) is 0.455. The van der Waals surface area contributed by atoms with Crippen molar-refractivity contribution in [1.29, 1.82) is 0 Å². The third-order valence-electron chi connectivity index (χ3n) is 2.46. The molecule has 0 bridgehead atoms. The third kappa shape index (κ3) is 2.25. The van der Waals surface area contributed by atoms with Gasteiger partial charge < -0.3 is 5.32 Å². The van der Waals surface area contributed by atoms with E-state index < -0.39 is 0 Å². The van der Waals surface area contributed by atoms with E-state index in [1.54, 1.807) is 11.0 Å². The summed E-state index contributed by atoms with van der Waals surface area (Å²) in [5, 5.41) is 7.35. The third-order valence-corrected chi connectivity index (χ3v) is 2.46. The Hall–Kier alpha value is -1.98. The van der Waals surface area contributed by atoms with Gasteiger partial charge in [-0.2, -0.15) is 5.10 Å². The fourth-order valence-corrected chi connectivity index (χ4v) is 1.59. The van der Waals surface area contributed by atoms with Crippen molar-refractivity contribution in [2.75, 3.05) is 11.9 Å². The van der Waals surface area contributed by atoms with Crippen molar-refractivity contribution >= 4 is 5.82 Å². The van der Waals surface area contributed by atoms with Gasteiger partial charge in [0.25, 0.3) is 0 Å². The second-order valence-electron chi connectivity index (χ2n) is 3.66. The lowest BCUT2D eigenvalue weighted by atomic mass is 10.3. The lowest BCUT2D eigenvalue weighted by Gasteiger charge is -2.12. The summed E-state index contributed by atoms with van der Waals surface area (Å²) >= 11 is 0. The molecule has 1 N–H and O–H groups in total. The quantitative estimate of drug-likeness (QED) is 0.862.